The zero-order chi connectivity index (χ0) is 27.3. The molecule has 1 aliphatic heterocycles. The molecule has 202 valence electrons. The van der Waals surface area contributed by atoms with E-state index in [9.17, 15) is 23.3 Å². The Morgan fingerprint density at radius 1 is 1.18 bits per heavy atom. The fourth-order valence-corrected chi connectivity index (χ4v) is 5.09. The summed E-state index contributed by atoms with van der Waals surface area (Å²) in [6, 6.07) is 8.89. The van der Waals surface area contributed by atoms with Crippen LogP contribution < -0.4 is 10.2 Å². The van der Waals surface area contributed by atoms with Gasteiger partial charge in [-0.15, -0.1) is 0 Å². The number of nitro groups is 1. The Kier molecular flexibility index (Phi) is 8.76. The molecule has 1 saturated carbocycles. The van der Waals surface area contributed by atoms with Gasteiger partial charge in [0.2, 0.25) is 0 Å². The summed E-state index contributed by atoms with van der Waals surface area (Å²) < 4.78 is 45.8. The molecule has 0 bridgehead atoms. The van der Waals surface area contributed by atoms with E-state index >= 15 is 0 Å². The van der Waals surface area contributed by atoms with Gasteiger partial charge in [0.05, 0.1) is 29.2 Å². The molecule has 4 rings (SSSR count). The van der Waals surface area contributed by atoms with Gasteiger partial charge in [0, 0.05) is 63.4 Å². The Morgan fingerprint density at radius 2 is 1.89 bits per heavy atom. The Labute approximate surface area is 223 Å². The molecule has 9 nitrogen and oxygen atoms in total. The first-order chi connectivity index (χ1) is 18.1. The lowest BCUT2D eigenvalue weighted by atomic mass is 9.92. The Hall–Kier alpha value is -3.34. The molecule has 0 unspecified atom stereocenters. The summed E-state index contributed by atoms with van der Waals surface area (Å²) in [7, 11) is 0. The minimum Gasteiger partial charge on any atom is -0.371 e. The summed E-state index contributed by atoms with van der Waals surface area (Å²) in [4.78, 5) is 19.3. The number of anilines is 1. The second-order valence-electron chi connectivity index (χ2n) is 9.43. The van der Waals surface area contributed by atoms with Gasteiger partial charge in [-0.1, -0.05) is 12.2 Å². The maximum Gasteiger partial charge on any atom is 0.423 e. The molecule has 13 heteroatoms. The first-order valence-corrected chi connectivity index (χ1v) is 12.8. The number of nitro benzene ring substituents is 1. The van der Waals surface area contributed by atoms with Gasteiger partial charge in [-0.25, -0.2) is 4.98 Å². The third kappa shape index (κ3) is 6.94. The van der Waals surface area contributed by atoms with Crippen molar-refractivity contribution in [2.24, 2.45) is 0 Å². The van der Waals surface area contributed by atoms with Crippen LogP contribution in [0.3, 0.4) is 0 Å². The van der Waals surface area contributed by atoms with Crippen molar-refractivity contribution in [3.63, 3.8) is 0 Å². The monoisotopic (exact) mass is 549 g/mol. The second kappa shape index (κ2) is 12.0. The van der Waals surface area contributed by atoms with Crippen LogP contribution in [0, 0.1) is 21.4 Å². The summed E-state index contributed by atoms with van der Waals surface area (Å²) >= 11 is 5.60. The van der Waals surface area contributed by atoms with Crippen LogP contribution in [-0.4, -0.2) is 64.7 Å². The summed E-state index contributed by atoms with van der Waals surface area (Å²) in [6.07, 6.45) is -0.147. The normalized spacial score (nSPS) is 20.2. The number of nitrogens with two attached hydrogens (primary N) is 1. The molecule has 1 aromatic heterocycles. The zero-order valence-corrected chi connectivity index (χ0v) is 21.4. The number of rotatable bonds is 7. The molecule has 1 aliphatic carbocycles. The van der Waals surface area contributed by atoms with Gasteiger partial charge in [0.1, 0.15) is 28.1 Å². The summed E-state index contributed by atoms with van der Waals surface area (Å²) in [6.45, 7) is 3.37. The molecule has 1 saturated heterocycles. The molecule has 2 N–H and O–H groups in total. The highest BCUT2D eigenvalue weighted by Gasteiger charge is 2.39. The number of hydrogen-bond acceptors (Lipinski definition) is 7. The molecule has 0 radical (unpaired) electrons. The molecule has 2 aliphatic rings. The van der Waals surface area contributed by atoms with E-state index in [4.69, 9.17) is 22.2 Å². The number of thiocarbonyl (C=S) groups is 1. The lowest BCUT2D eigenvalue weighted by Gasteiger charge is -2.37. The number of quaternary nitrogens is 1. The Bertz CT molecular complexity index is 1190. The number of ether oxygens (including phenoxy) is 1. The number of aromatic nitrogens is 1. The van der Waals surface area contributed by atoms with E-state index in [1.54, 1.807) is 17.6 Å². The van der Waals surface area contributed by atoms with Gasteiger partial charge in [0.25, 0.3) is 5.69 Å². The number of hydrogen-bond donors (Lipinski definition) is 1. The molecular formula is C25H28F3N6O3S+. The highest BCUT2D eigenvalue weighted by Crippen LogP contribution is 2.37. The number of nitrogens with zero attached hydrogens (tertiary/aromatic N) is 5. The van der Waals surface area contributed by atoms with Gasteiger partial charge >= 0.3 is 6.18 Å². The predicted molar refractivity (Wildman–Crippen MR) is 137 cm³/mol. The number of alkyl halides is 3. The highest BCUT2D eigenvalue weighted by atomic mass is 32.1. The third-order valence-electron chi connectivity index (χ3n) is 6.95. The lowest BCUT2D eigenvalue weighted by Crippen LogP contribution is -2.85. The van der Waals surface area contributed by atoms with Crippen LogP contribution in [0.5, 0.6) is 0 Å². The van der Waals surface area contributed by atoms with Crippen molar-refractivity contribution < 1.29 is 28.1 Å². The highest BCUT2D eigenvalue weighted by molar-refractivity contribution is 7.80. The standard InChI is InChI=1S/C25H27F3N6O3S/c26-25(27,28)21-13-19(4-7-22(21)34(35)36)31-18-2-5-20(6-3-18)37-16-24(38)33-11-9-32(10-12-33)23-8-1-17(14-29)15-30-23/h1,4,7-8,13,15,18,20,31H,2-3,5-6,9-12,16H2/p+1. The van der Waals surface area contributed by atoms with Crippen molar-refractivity contribution in [1.29, 1.82) is 5.26 Å². The SMILES string of the molecule is N#Cc1ccc(N2CCN(C(=S)COC3CCC([NH2+]c4ccc([N+](=O)[O-])c(C(F)(F)F)c4)CC3)CC2)nc1. The van der Waals surface area contributed by atoms with E-state index in [1.165, 1.54) is 6.07 Å². The smallest absolute Gasteiger partial charge is 0.371 e. The fourth-order valence-electron chi connectivity index (χ4n) is 4.84. The lowest BCUT2D eigenvalue weighted by molar-refractivity contribution is -0.615. The van der Waals surface area contributed by atoms with Crippen LogP contribution in [0.15, 0.2) is 36.5 Å². The second-order valence-corrected chi connectivity index (χ2v) is 9.90. The molecule has 2 heterocycles. The maximum absolute atomic E-state index is 13.3. The molecule has 38 heavy (non-hydrogen) atoms. The number of benzene rings is 1. The maximum atomic E-state index is 13.3. The summed E-state index contributed by atoms with van der Waals surface area (Å²) in [5.41, 5.74) is -1.30. The van der Waals surface area contributed by atoms with Crippen LogP contribution in [0.2, 0.25) is 0 Å². The van der Waals surface area contributed by atoms with E-state index in [2.05, 4.69) is 20.9 Å². The van der Waals surface area contributed by atoms with E-state index < -0.39 is 22.4 Å². The Balaban J connectivity index is 1.20. The van der Waals surface area contributed by atoms with Gasteiger partial charge in [-0.2, -0.15) is 18.4 Å². The molecule has 0 amide bonds. The predicted octanol–water partition coefficient (Wildman–Crippen LogP) is 3.55. The molecule has 0 spiro atoms. The molecule has 2 aromatic rings. The van der Waals surface area contributed by atoms with E-state index in [-0.39, 0.29) is 12.1 Å². The zero-order valence-electron chi connectivity index (χ0n) is 20.6. The summed E-state index contributed by atoms with van der Waals surface area (Å²) in [5.74, 6) is 0.836. The van der Waals surface area contributed by atoms with Crippen molar-refractivity contribution in [3.8, 4) is 6.07 Å². The van der Waals surface area contributed by atoms with E-state index in [1.807, 2.05) is 6.07 Å². The van der Waals surface area contributed by atoms with Crippen molar-refractivity contribution in [2.75, 3.05) is 37.7 Å². The molecule has 0 atom stereocenters. The van der Waals surface area contributed by atoms with Crippen molar-refractivity contribution >= 4 is 34.4 Å². The third-order valence-corrected chi connectivity index (χ3v) is 7.32. The number of nitriles is 1. The molecule has 1 aromatic carbocycles. The quantitative estimate of drug-likeness (QED) is 0.242. The molecule has 2 fully saturated rings. The van der Waals surface area contributed by atoms with Crippen LogP contribution in [-0.2, 0) is 10.9 Å². The van der Waals surface area contributed by atoms with Crippen LogP contribution >= 0.6 is 12.2 Å². The minimum absolute atomic E-state index is 0.0318. The Morgan fingerprint density at radius 3 is 2.47 bits per heavy atom. The largest absolute Gasteiger partial charge is 0.423 e. The average molecular weight is 550 g/mol. The van der Waals surface area contributed by atoms with Crippen molar-refractivity contribution in [3.05, 3.63) is 57.8 Å². The van der Waals surface area contributed by atoms with Gasteiger partial charge < -0.3 is 19.9 Å². The van der Waals surface area contributed by atoms with Crippen LogP contribution in [0.1, 0.15) is 36.8 Å². The van der Waals surface area contributed by atoms with Gasteiger partial charge in [-0.3, -0.25) is 10.1 Å². The van der Waals surface area contributed by atoms with Crippen LogP contribution in [0.25, 0.3) is 0 Å². The minimum atomic E-state index is -4.79. The van der Waals surface area contributed by atoms with Crippen LogP contribution in [0.4, 0.5) is 30.4 Å². The van der Waals surface area contributed by atoms with Crippen molar-refractivity contribution in [2.45, 2.75) is 44.0 Å². The first kappa shape index (κ1) is 27.7. The average Bonchev–Trinajstić information content (AvgIpc) is 2.92. The van der Waals surface area contributed by atoms with Gasteiger partial charge in [0.15, 0.2) is 0 Å². The first-order valence-electron chi connectivity index (χ1n) is 12.3. The number of piperazine rings is 1. The van der Waals surface area contributed by atoms with Crippen molar-refractivity contribution in [1.82, 2.24) is 9.88 Å². The summed E-state index contributed by atoms with van der Waals surface area (Å²) in [5, 5.41) is 21.6. The number of pyridine rings is 1. The number of halogens is 3. The van der Waals surface area contributed by atoms with Gasteiger partial charge in [-0.05, 0) is 25.0 Å². The van der Waals surface area contributed by atoms with E-state index in [0.29, 0.717) is 17.9 Å². The topological polar surface area (TPSA) is 112 Å². The fraction of sp³-hybridized carbons (Fsp3) is 0.480. The molecular weight excluding hydrogens is 521 g/mol. The van der Waals surface area contributed by atoms with E-state index in [0.717, 1.165) is 74.8 Å².